The van der Waals surface area contributed by atoms with Gasteiger partial charge in [0, 0.05) is 17.7 Å². The van der Waals surface area contributed by atoms with E-state index < -0.39 is 12.3 Å². The average molecular weight is 433 g/mol. The van der Waals surface area contributed by atoms with Crippen molar-refractivity contribution in [3.8, 4) is 11.5 Å². The maximum absolute atomic E-state index is 14.1. The van der Waals surface area contributed by atoms with Gasteiger partial charge in [-0.05, 0) is 23.8 Å². The molecule has 4 heterocycles. The predicted octanol–water partition coefficient (Wildman–Crippen LogP) is 2.73. The summed E-state index contributed by atoms with van der Waals surface area (Å²) in [6.07, 6.45) is 2.94. The molecule has 0 N–H and O–H groups in total. The van der Waals surface area contributed by atoms with Crippen molar-refractivity contribution < 1.29 is 28.5 Å². The third-order valence-corrected chi connectivity index (χ3v) is 7.10. The van der Waals surface area contributed by atoms with Crippen LogP contribution in [-0.4, -0.2) is 56.9 Å². The van der Waals surface area contributed by atoms with Gasteiger partial charge in [-0.3, -0.25) is 9.59 Å². The molecule has 0 radical (unpaired) electrons. The minimum Gasteiger partial charge on any atom is -0.497 e. The third kappa shape index (κ3) is 2.61. The Balaban J connectivity index is 1.51. The highest BCUT2D eigenvalue weighted by Crippen LogP contribution is 2.51. The summed E-state index contributed by atoms with van der Waals surface area (Å²) < 4.78 is 22.4. The molecule has 7 nitrogen and oxygen atoms in total. The fourth-order valence-electron chi connectivity index (χ4n) is 5.74. The number of nitrogens with zero attached hydrogens (tertiary/aromatic N) is 1. The van der Waals surface area contributed by atoms with E-state index in [1.165, 1.54) is 7.11 Å². The summed E-state index contributed by atoms with van der Waals surface area (Å²) in [5.41, 5.74) is 2.43. The van der Waals surface area contributed by atoms with Gasteiger partial charge in [0.25, 0.3) is 0 Å². The fraction of sp³-hybridized carbons (Fsp3) is 0.360. The summed E-state index contributed by atoms with van der Waals surface area (Å²) >= 11 is 0. The Morgan fingerprint density at radius 2 is 1.97 bits per heavy atom. The van der Waals surface area contributed by atoms with Gasteiger partial charge in [0.05, 0.1) is 50.5 Å². The van der Waals surface area contributed by atoms with Crippen LogP contribution in [0.5, 0.6) is 11.5 Å². The van der Waals surface area contributed by atoms with Crippen LogP contribution in [0, 0.1) is 11.8 Å². The minimum absolute atomic E-state index is 0.0835. The van der Waals surface area contributed by atoms with Gasteiger partial charge in [0.1, 0.15) is 11.5 Å². The number of ether oxygens (including phenoxy) is 4. The van der Waals surface area contributed by atoms with Crippen LogP contribution >= 0.6 is 0 Å². The summed E-state index contributed by atoms with van der Waals surface area (Å²) in [6.45, 7) is 0.313. The van der Waals surface area contributed by atoms with E-state index in [-0.39, 0.29) is 35.5 Å². The van der Waals surface area contributed by atoms with Crippen molar-refractivity contribution in [3.63, 3.8) is 0 Å². The van der Waals surface area contributed by atoms with Crippen molar-refractivity contribution in [2.24, 2.45) is 11.8 Å². The molecule has 0 aliphatic carbocycles. The summed E-state index contributed by atoms with van der Waals surface area (Å²) in [7, 11) is 3.11. The molecule has 0 spiro atoms. The molecule has 0 unspecified atom stereocenters. The number of Topliss-reactive ketones (excluding diaryl/α,β-unsaturated/α-hetero) is 2. The first kappa shape index (κ1) is 19.5. The topological polar surface area (TPSA) is 74.3 Å². The molecular formula is C25H23NO6. The largest absolute Gasteiger partial charge is 0.497 e. The lowest BCUT2D eigenvalue weighted by molar-refractivity contribution is -0.163. The Bertz CT molecular complexity index is 1140. The van der Waals surface area contributed by atoms with Crippen molar-refractivity contribution in [3.05, 3.63) is 59.7 Å². The Hall–Kier alpha value is -3.16. The van der Waals surface area contributed by atoms with E-state index in [1.54, 1.807) is 25.3 Å². The van der Waals surface area contributed by atoms with Crippen molar-refractivity contribution in [1.82, 2.24) is 0 Å². The van der Waals surface area contributed by atoms with Gasteiger partial charge >= 0.3 is 0 Å². The lowest BCUT2D eigenvalue weighted by Gasteiger charge is -2.35. The van der Waals surface area contributed by atoms with Crippen LogP contribution in [0.2, 0.25) is 0 Å². The molecule has 0 aromatic heterocycles. The van der Waals surface area contributed by atoms with Crippen LogP contribution in [0.25, 0.3) is 6.08 Å². The van der Waals surface area contributed by atoms with Gasteiger partial charge in [-0.25, -0.2) is 0 Å². The molecule has 3 saturated heterocycles. The molecule has 6 rings (SSSR count). The van der Waals surface area contributed by atoms with Gasteiger partial charge in [0.15, 0.2) is 11.6 Å². The van der Waals surface area contributed by atoms with Gasteiger partial charge in [-0.1, -0.05) is 30.4 Å². The number of anilines is 1. The number of rotatable bonds is 4. The Morgan fingerprint density at radius 1 is 1.12 bits per heavy atom. The first-order valence-electron chi connectivity index (χ1n) is 10.7. The van der Waals surface area contributed by atoms with Gasteiger partial charge in [-0.15, -0.1) is 0 Å². The van der Waals surface area contributed by atoms with Gasteiger partial charge in [-0.2, -0.15) is 0 Å². The predicted molar refractivity (Wildman–Crippen MR) is 116 cm³/mol. The highest BCUT2D eigenvalue weighted by Gasteiger charge is 2.63. The van der Waals surface area contributed by atoms with Crippen molar-refractivity contribution in [1.29, 1.82) is 0 Å². The van der Waals surface area contributed by atoms with Crippen LogP contribution in [0.1, 0.15) is 15.9 Å². The zero-order valence-electron chi connectivity index (χ0n) is 17.8. The number of hydrogen-bond acceptors (Lipinski definition) is 7. The quantitative estimate of drug-likeness (QED) is 0.687. The second-order valence-electron chi connectivity index (χ2n) is 8.54. The molecule has 164 valence electrons. The highest BCUT2D eigenvalue weighted by molar-refractivity contribution is 6.07. The molecule has 4 aliphatic heterocycles. The zero-order chi connectivity index (χ0) is 22.0. The molecule has 0 amide bonds. The van der Waals surface area contributed by atoms with Crippen molar-refractivity contribution in [2.75, 3.05) is 25.7 Å². The van der Waals surface area contributed by atoms with Crippen LogP contribution < -0.4 is 14.4 Å². The Kier molecular flexibility index (Phi) is 4.38. The van der Waals surface area contributed by atoms with Crippen molar-refractivity contribution >= 4 is 23.3 Å². The summed E-state index contributed by atoms with van der Waals surface area (Å²) in [5.74, 6) is 0.174. The summed E-state index contributed by atoms with van der Waals surface area (Å²) in [5, 5.41) is 0. The molecule has 3 fully saturated rings. The van der Waals surface area contributed by atoms with Crippen LogP contribution in [0.3, 0.4) is 0 Å². The van der Waals surface area contributed by atoms with Crippen LogP contribution in [0.15, 0.2) is 48.5 Å². The standard InChI is InChI=1S/C25H23NO6/c1-29-14-8-9-15(18(11-14)30-2)23(27)22-21-19-12-31-25(32-19)24(28)20(21)17-10-7-13-5-3-4-6-16(13)26(17)22/h3-11,17,19-22,25H,12H2,1-2H3/t17-,19+,20+,21+,22-,25-/m0/s1. The normalized spacial score (nSPS) is 31.7. The molecule has 2 aromatic rings. The third-order valence-electron chi connectivity index (χ3n) is 7.10. The number of carbonyl (C=O) groups is 2. The lowest BCUT2D eigenvalue weighted by Crippen LogP contribution is -2.48. The van der Waals surface area contributed by atoms with Gasteiger partial charge in [0.2, 0.25) is 6.29 Å². The highest BCUT2D eigenvalue weighted by atomic mass is 16.7. The van der Waals surface area contributed by atoms with E-state index in [0.717, 1.165) is 11.3 Å². The second-order valence-corrected chi connectivity index (χ2v) is 8.54. The average Bonchev–Trinajstić information content (AvgIpc) is 3.43. The smallest absolute Gasteiger partial charge is 0.218 e. The first-order valence-corrected chi connectivity index (χ1v) is 10.7. The number of methoxy groups -OCH3 is 2. The number of fused-ring (bicyclic) bond motifs is 8. The van der Waals surface area contributed by atoms with Crippen LogP contribution in [0.4, 0.5) is 5.69 Å². The number of hydrogen-bond donors (Lipinski definition) is 0. The molecule has 0 saturated carbocycles. The summed E-state index contributed by atoms with van der Waals surface area (Å²) in [6, 6.07) is 12.3. The molecule has 6 atom stereocenters. The maximum Gasteiger partial charge on any atom is 0.218 e. The number of para-hydroxylation sites is 1. The maximum atomic E-state index is 14.1. The second kappa shape index (κ2) is 7.18. The van der Waals surface area contributed by atoms with E-state index >= 15 is 0 Å². The number of carbonyl (C=O) groups excluding carboxylic acids is 2. The van der Waals surface area contributed by atoms with Crippen molar-refractivity contribution in [2.45, 2.75) is 24.5 Å². The molecule has 32 heavy (non-hydrogen) atoms. The summed E-state index contributed by atoms with van der Waals surface area (Å²) in [4.78, 5) is 29.5. The zero-order valence-corrected chi connectivity index (χ0v) is 17.8. The van der Waals surface area contributed by atoms with E-state index in [4.69, 9.17) is 18.9 Å². The Morgan fingerprint density at radius 3 is 2.78 bits per heavy atom. The minimum atomic E-state index is -0.835. The van der Waals surface area contributed by atoms with E-state index in [9.17, 15) is 9.59 Å². The molecular weight excluding hydrogens is 410 g/mol. The monoisotopic (exact) mass is 433 g/mol. The van der Waals surface area contributed by atoms with E-state index in [1.807, 2.05) is 36.4 Å². The van der Waals surface area contributed by atoms with Gasteiger partial charge < -0.3 is 23.8 Å². The number of ketones is 2. The molecule has 7 heteroatoms. The fourth-order valence-corrected chi connectivity index (χ4v) is 5.74. The lowest BCUT2D eigenvalue weighted by atomic mass is 9.77. The Labute approximate surface area is 185 Å². The number of benzene rings is 2. The first-order chi connectivity index (χ1) is 15.6. The molecule has 4 aliphatic rings. The van der Waals surface area contributed by atoms with E-state index in [0.29, 0.717) is 23.7 Å². The van der Waals surface area contributed by atoms with Crippen LogP contribution in [-0.2, 0) is 14.3 Å². The SMILES string of the molecule is COc1ccc(C(=O)[C@@H]2[C@H]3[C@H](C(=O)[C@H]4OC[C@H]3O4)[C@@H]3C=Cc4ccccc4N23)c(OC)c1. The molecule has 2 bridgehead atoms. The van der Waals surface area contributed by atoms with E-state index in [2.05, 4.69) is 4.90 Å². The molecule has 2 aromatic carbocycles.